The molecule has 20 heavy (non-hydrogen) atoms. The molecule has 1 amide bonds. The first-order valence-electron chi connectivity index (χ1n) is 7.04. The van der Waals surface area contributed by atoms with Crippen LogP contribution >= 0.6 is 0 Å². The SMILES string of the molecule is CCC(CC)CNC(=O)c1cncc(C#CCCO)c1. The summed E-state index contributed by atoms with van der Waals surface area (Å²) in [5.74, 6) is 6.09. The molecule has 0 atom stereocenters. The molecule has 0 saturated carbocycles. The second kappa shape index (κ2) is 9.11. The monoisotopic (exact) mass is 274 g/mol. The Hall–Kier alpha value is -1.86. The molecule has 4 nitrogen and oxygen atoms in total. The van der Waals surface area contributed by atoms with E-state index in [9.17, 15) is 4.79 Å². The highest BCUT2D eigenvalue weighted by Crippen LogP contribution is 2.06. The normalized spacial score (nSPS) is 10.0. The van der Waals surface area contributed by atoms with Crippen LogP contribution in [0.5, 0.6) is 0 Å². The highest BCUT2D eigenvalue weighted by atomic mass is 16.2. The smallest absolute Gasteiger partial charge is 0.252 e. The van der Waals surface area contributed by atoms with Gasteiger partial charge in [0.15, 0.2) is 0 Å². The third-order valence-electron chi connectivity index (χ3n) is 3.18. The summed E-state index contributed by atoms with van der Waals surface area (Å²) in [5.41, 5.74) is 1.21. The summed E-state index contributed by atoms with van der Waals surface area (Å²) in [4.78, 5) is 16.0. The first-order chi connectivity index (χ1) is 9.71. The number of nitrogens with one attached hydrogen (secondary N) is 1. The van der Waals surface area contributed by atoms with E-state index >= 15 is 0 Å². The zero-order valence-electron chi connectivity index (χ0n) is 12.1. The Kier molecular flexibility index (Phi) is 7.38. The lowest BCUT2D eigenvalue weighted by Gasteiger charge is -2.13. The number of carbonyl (C=O) groups excluding carboxylic acids is 1. The maximum atomic E-state index is 12.0. The Bertz CT molecular complexity index is 485. The standard InChI is InChI=1S/C16H22N2O2/c1-3-13(4-2)11-18-16(20)15-9-14(10-17-12-15)7-5-6-8-19/h9-10,12-13,19H,3-4,6,8,11H2,1-2H3,(H,18,20). The van der Waals surface area contributed by atoms with E-state index in [2.05, 4.69) is 36.0 Å². The van der Waals surface area contributed by atoms with Gasteiger partial charge >= 0.3 is 0 Å². The van der Waals surface area contributed by atoms with Crippen molar-refractivity contribution in [3.8, 4) is 11.8 Å². The molecule has 108 valence electrons. The van der Waals surface area contributed by atoms with Gasteiger partial charge in [0.25, 0.3) is 5.91 Å². The lowest BCUT2D eigenvalue weighted by atomic mass is 10.0. The van der Waals surface area contributed by atoms with Gasteiger partial charge in [0, 0.05) is 30.9 Å². The molecule has 0 spiro atoms. The lowest BCUT2D eigenvalue weighted by Crippen LogP contribution is -2.29. The van der Waals surface area contributed by atoms with Crippen LogP contribution in [0.25, 0.3) is 0 Å². The van der Waals surface area contributed by atoms with Gasteiger partial charge in [0.05, 0.1) is 12.2 Å². The highest BCUT2D eigenvalue weighted by molar-refractivity contribution is 5.94. The van der Waals surface area contributed by atoms with E-state index in [4.69, 9.17) is 5.11 Å². The van der Waals surface area contributed by atoms with E-state index < -0.39 is 0 Å². The Labute approximate surface area is 120 Å². The molecular weight excluding hydrogens is 252 g/mol. The highest BCUT2D eigenvalue weighted by Gasteiger charge is 2.09. The number of aliphatic hydroxyl groups excluding tert-OH is 1. The van der Waals surface area contributed by atoms with Gasteiger partial charge in [-0.15, -0.1) is 0 Å². The van der Waals surface area contributed by atoms with E-state index in [1.165, 1.54) is 0 Å². The maximum Gasteiger partial charge on any atom is 0.252 e. The molecule has 1 aromatic rings. The van der Waals surface area contributed by atoms with Gasteiger partial charge in [0.2, 0.25) is 0 Å². The molecule has 0 unspecified atom stereocenters. The summed E-state index contributed by atoms with van der Waals surface area (Å²) in [6.45, 7) is 4.97. The predicted octanol–water partition coefficient (Wildman–Crippen LogP) is 1.98. The first kappa shape index (κ1) is 16.2. The predicted molar refractivity (Wildman–Crippen MR) is 79.2 cm³/mol. The van der Waals surface area contributed by atoms with Crippen molar-refractivity contribution in [2.24, 2.45) is 5.92 Å². The topological polar surface area (TPSA) is 62.2 Å². The number of hydrogen-bond acceptors (Lipinski definition) is 3. The van der Waals surface area contributed by atoms with Crippen LogP contribution < -0.4 is 5.32 Å². The van der Waals surface area contributed by atoms with E-state index in [-0.39, 0.29) is 12.5 Å². The van der Waals surface area contributed by atoms with Crippen molar-refractivity contribution in [1.29, 1.82) is 0 Å². The number of hydrogen-bond donors (Lipinski definition) is 2. The molecule has 1 aromatic heterocycles. The Morgan fingerprint density at radius 2 is 2.15 bits per heavy atom. The Morgan fingerprint density at radius 1 is 1.40 bits per heavy atom. The molecule has 0 aromatic carbocycles. The van der Waals surface area contributed by atoms with Gasteiger partial charge in [-0.2, -0.15) is 0 Å². The third kappa shape index (κ3) is 5.41. The van der Waals surface area contributed by atoms with E-state index in [1.54, 1.807) is 18.5 Å². The van der Waals surface area contributed by atoms with E-state index in [1.807, 2.05) is 0 Å². The lowest BCUT2D eigenvalue weighted by molar-refractivity contribution is 0.0946. The number of carbonyl (C=O) groups is 1. The second-order valence-corrected chi connectivity index (χ2v) is 4.63. The Morgan fingerprint density at radius 3 is 2.80 bits per heavy atom. The Balaban J connectivity index is 2.65. The summed E-state index contributed by atoms with van der Waals surface area (Å²) < 4.78 is 0. The molecular formula is C16H22N2O2. The maximum absolute atomic E-state index is 12.0. The molecule has 0 bridgehead atoms. The molecule has 0 aliphatic carbocycles. The summed E-state index contributed by atoms with van der Waals surface area (Å²) >= 11 is 0. The minimum Gasteiger partial charge on any atom is -0.395 e. The largest absolute Gasteiger partial charge is 0.395 e. The molecule has 0 aliphatic rings. The summed E-state index contributed by atoms with van der Waals surface area (Å²) in [7, 11) is 0. The molecule has 2 N–H and O–H groups in total. The number of amides is 1. The first-order valence-corrected chi connectivity index (χ1v) is 7.04. The quantitative estimate of drug-likeness (QED) is 0.780. The van der Waals surface area contributed by atoms with Crippen molar-refractivity contribution in [2.45, 2.75) is 33.1 Å². The van der Waals surface area contributed by atoms with Crippen LogP contribution in [-0.4, -0.2) is 29.1 Å². The van der Waals surface area contributed by atoms with Gasteiger partial charge in [-0.3, -0.25) is 9.78 Å². The molecule has 1 rings (SSSR count). The number of nitrogens with zero attached hydrogens (tertiary/aromatic N) is 1. The molecule has 0 saturated heterocycles. The van der Waals surface area contributed by atoms with Crippen molar-refractivity contribution in [3.05, 3.63) is 29.6 Å². The van der Waals surface area contributed by atoms with Crippen LogP contribution in [0.15, 0.2) is 18.5 Å². The van der Waals surface area contributed by atoms with Gasteiger partial charge in [-0.1, -0.05) is 38.5 Å². The van der Waals surface area contributed by atoms with Gasteiger partial charge in [-0.25, -0.2) is 0 Å². The van der Waals surface area contributed by atoms with Crippen LogP contribution in [0.2, 0.25) is 0 Å². The zero-order chi connectivity index (χ0) is 14.8. The molecule has 0 fully saturated rings. The van der Waals surface area contributed by atoms with Crippen LogP contribution in [0.3, 0.4) is 0 Å². The number of aliphatic hydroxyl groups is 1. The number of pyridine rings is 1. The van der Waals surface area contributed by atoms with Crippen molar-refractivity contribution in [3.63, 3.8) is 0 Å². The average molecular weight is 274 g/mol. The van der Waals surface area contributed by atoms with E-state index in [0.717, 1.165) is 12.8 Å². The van der Waals surface area contributed by atoms with Crippen molar-refractivity contribution in [2.75, 3.05) is 13.2 Å². The minimum atomic E-state index is -0.116. The summed E-state index contributed by atoms with van der Waals surface area (Å²) in [6, 6.07) is 1.72. The summed E-state index contributed by atoms with van der Waals surface area (Å²) in [5, 5.41) is 11.6. The molecule has 1 heterocycles. The molecule has 0 aliphatic heterocycles. The fraction of sp³-hybridized carbons (Fsp3) is 0.500. The third-order valence-corrected chi connectivity index (χ3v) is 3.18. The van der Waals surface area contributed by atoms with Crippen LogP contribution in [0, 0.1) is 17.8 Å². The van der Waals surface area contributed by atoms with Crippen LogP contribution in [0.1, 0.15) is 49.0 Å². The minimum absolute atomic E-state index is 0.0377. The fourth-order valence-electron chi connectivity index (χ4n) is 1.77. The number of rotatable bonds is 6. The van der Waals surface area contributed by atoms with Gasteiger partial charge in [-0.05, 0) is 12.0 Å². The fourth-order valence-corrected chi connectivity index (χ4v) is 1.77. The second-order valence-electron chi connectivity index (χ2n) is 4.63. The number of aromatic nitrogens is 1. The van der Waals surface area contributed by atoms with Crippen molar-refractivity contribution >= 4 is 5.91 Å². The van der Waals surface area contributed by atoms with Crippen molar-refractivity contribution in [1.82, 2.24) is 10.3 Å². The zero-order valence-corrected chi connectivity index (χ0v) is 12.1. The van der Waals surface area contributed by atoms with E-state index in [0.29, 0.717) is 30.0 Å². The molecule has 4 heteroatoms. The average Bonchev–Trinajstić information content (AvgIpc) is 2.48. The molecule has 0 radical (unpaired) electrons. The van der Waals surface area contributed by atoms with Gasteiger partial charge in [0.1, 0.15) is 0 Å². The van der Waals surface area contributed by atoms with Crippen LogP contribution in [0.4, 0.5) is 0 Å². The van der Waals surface area contributed by atoms with Crippen molar-refractivity contribution < 1.29 is 9.90 Å². The van der Waals surface area contributed by atoms with Crippen LogP contribution in [-0.2, 0) is 0 Å². The summed E-state index contributed by atoms with van der Waals surface area (Å²) in [6.07, 6.45) is 5.69. The van der Waals surface area contributed by atoms with Gasteiger partial charge < -0.3 is 10.4 Å².